The molecule has 0 bridgehead atoms. The predicted molar refractivity (Wildman–Crippen MR) is 99.1 cm³/mol. The van der Waals surface area contributed by atoms with Gasteiger partial charge in [0.15, 0.2) is 12.6 Å². The molecule has 0 aliphatic heterocycles. The monoisotopic (exact) mass is 387 g/mol. The van der Waals surface area contributed by atoms with Crippen molar-refractivity contribution in [2.45, 2.75) is 38.9 Å². The third-order valence-electron chi connectivity index (χ3n) is 4.09. The van der Waals surface area contributed by atoms with Gasteiger partial charge in [-0.2, -0.15) is 13.2 Å². The van der Waals surface area contributed by atoms with E-state index in [4.69, 9.17) is 9.47 Å². The predicted octanol–water partition coefficient (Wildman–Crippen LogP) is 3.42. The van der Waals surface area contributed by atoms with Gasteiger partial charge in [0.2, 0.25) is 0 Å². The Kier molecular flexibility index (Phi) is 8.22. The van der Waals surface area contributed by atoms with Crippen molar-refractivity contribution in [2.24, 2.45) is 10.9 Å². The van der Waals surface area contributed by atoms with Gasteiger partial charge in [-0.25, -0.2) is 0 Å². The molecule has 8 heteroatoms. The van der Waals surface area contributed by atoms with E-state index < -0.39 is 12.8 Å². The second kappa shape index (κ2) is 10.4. The lowest BCUT2D eigenvalue weighted by Crippen LogP contribution is -2.37. The van der Waals surface area contributed by atoms with Crippen LogP contribution in [-0.2, 0) is 11.3 Å². The molecule has 0 heterocycles. The highest BCUT2D eigenvalue weighted by Gasteiger charge is 2.28. The summed E-state index contributed by atoms with van der Waals surface area (Å²) in [6, 6.07) is 5.20. The Morgan fingerprint density at radius 1 is 1.26 bits per heavy atom. The SMILES string of the molecule is CN=C(NCCCOCC1CC1)NCc1ccc(C)cc1OCC(F)(F)F. The maximum atomic E-state index is 12.4. The van der Waals surface area contributed by atoms with E-state index in [-0.39, 0.29) is 5.75 Å². The zero-order chi connectivity index (χ0) is 19.7. The van der Waals surface area contributed by atoms with Crippen molar-refractivity contribution in [3.05, 3.63) is 29.3 Å². The lowest BCUT2D eigenvalue weighted by Gasteiger charge is -2.16. The molecule has 27 heavy (non-hydrogen) atoms. The minimum atomic E-state index is -4.37. The van der Waals surface area contributed by atoms with E-state index in [2.05, 4.69) is 15.6 Å². The molecular formula is C19H28F3N3O2. The quantitative estimate of drug-likeness (QED) is 0.367. The highest BCUT2D eigenvalue weighted by atomic mass is 19.4. The van der Waals surface area contributed by atoms with Crippen molar-refractivity contribution in [3.8, 4) is 5.75 Å². The van der Waals surface area contributed by atoms with Crippen LogP contribution >= 0.6 is 0 Å². The van der Waals surface area contributed by atoms with Crippen LogP contribution in [0.1, 0.15) is 30.4 Å². The van der Waals surface area contributed by atoms with Gasteiger partial charge in [-0.05, 0) is 43.7 Å². The van der Waals surface area contributed by atoms with E-state index in [0.717, 1.165) is 24.5 Å². The van der Waals surface area contributed by atoms with Gasteiger partial charge in [0.1, 0.15) is 5.75 Å². The topological polar surface area (TPSA) is 54.9 Å². The number of nitrogens with zero attached hydrogens (tertiary/aromatic N) is 1. The number of aryl methyl sites for hydroxylation is 1. The summed E-state index contributed by atoms with van der Waals surface area (Å²) in [6.07, 6.45) is -0.948. The normalized spacial score (nSPS) is 14.9. The van der Waals surface area contributed by atoms with Gasteiger partial charge in [-0.3, -0.25) is 4.99 Å². The van der Waals surface area contributed by atoms with E-state index in [1.54, 1.807) is 19.2 Å². The molecule has 0 saturated heterocycles. The molecule has 0 atom stereocenters. The molecule has 2 rings (SSSR count). The zero-order valence-electron chi connectivity index (χ0n) is 15.9. The standard InChI is InChI=1S/C19H28F3N3O2/c1-14-4-7-16(17(10-14)27-13-19(20,21)22)11-25-18(23-2)24-8-3-9-26-12-15-5-6-15/h4,7,10,15H,3,5-6,8-9,11-13H2,1-2H3,(H2,23,24,25). The first kappa shape index (κ1) is 21.3. The van der Waals surface area contributed by atoms with E-state index in [1.807, 2.05) is 13.0 Å². The maximum absolute atomic E-state index is 12.4. The van der Waals surface area contributed by atoms with Crippen LogP contribution < -0.4 is 15.4 Å². The van der Waals surface area contributed by atoms with Gasteiger partial charge in [-0.15, -0.1) is 0 Å². The van der Waals surface area contributed by atoms with Crippen molar-refractivity contribution in [2.75, 3.05) is 33.4 Å². The molecule has 152 valence electrons. The van der Waals surface area contributed by atoms with Crippen molar-refractivity contribution in [3.63, 3.8) is 0 Å². The lowest BCUT2D eigenvalue weighted by molar-refractivity contribution is -0.153. The van der Waals surface area contributed by atoms with Crippen LogP contribution in [0, 0.1) is 12.8 Å². The number of aliphatic imine (C=N–C) groups is 1. The summed E-state index contributed by atoms with van der Waals surface area (Å²) in [5.74, 6) is 1.57. The van der Waals surface area contributed by atoms with Crippen LogP contribution in [0.15, 0.2) is 23.2 Å². The summed E-state index contributed by atoms with van der Waals surface area (Å²) in [4.78, 5) is 4.12. The van der Waals surface area contributed by atoms with Crippen molar-refractivity contribution < 1.29 is 22.6 Å². The molecule has 0 radical (unpaired) electrons. The highest BCUT2D eigenvalue weighted by Crippen LogP contribution is 2.28. The van der Waals surface area contributed by atoms with E-state index in [0.29, 0.717) is 31.2 Å². The third kappa shape index (κ3) is 8.99. The average Bonchev–Trinajstić information content (AvgIpc) is 3.43. The van der Waals surface area contributed by atoms with Crippen LogP contribution in [0.2, 0.25) is 0 Å². The molecule has 1 aliphatic carbocycles. The minimum Gasteiger partial charge on any atom is -0.484 e. The molecule has 1 aromatic rings. The summed E-state index contributed by atoms with van der Waals surface area (Å²) in [5.41, 5.74) is 1.48. The Balaban J connectivity index is 1.75. The minimum absolute atomic E-state index is 0.226. The molecule has 1 aromatic carbocycles. The molecular weight excluding hydrogens is 359 g/mol. The Morgan fingerprint density at radius 2 is 2.04 bits per heavy atom. The Labute approximate surface area is 158 Å². The van der Waals surface area contributed by atoms with Gasteiger partial charge in [0, 0.05) is 38.9 Å². The molecule has 1 aliphatic rings. The fourth-order valence-corrected chi connectivity index (χ4v) is 2.42. The Morgan fingerprint density at radius 3 is 2.70 bits per heavy atom. The maximum Gasteiger partial charge on any atom is 0.422 e. The number of rotatable bonds is 10. The first-order chi connectivity index (χ1) is 12.9. The summed E-state index contributed by atoms with van der Waals surface area (Å²) >= 11 is 0. The fourth-order valence-electron chi connectivity index (χ4n) is 2.42. The molecule has 1 fully saturated rings. The molecule has 2 N–H and O–H groups in total. The number of guanidine groups is 1. The number of hydrogen-bond donors (Lipinski definition) is 2. The molecule has 0 unspecified atom stereocenters. The smallest absolute Gasteiger partial charge is 0.422 e. The van der Waals surface area contributed by atoms with Gasteiger partial charge in [0.05, 0.1) is 0 Å². The molecule has 0 spiro atoms. The average molecular weight is 387 g/mol. The van der Waals surface area contributed by atoms with Crippen molar-refractivity contribution in [1.29, 1.82) is 0 Å². The fraction of sp³-hybridized carbons (Fsp3) is 0.632. The number of benzene rings is 1. The van der Waals surface area contributed by atoms with E-state index >= 15 is 0 Å². The number of nitrogens with one attached hydrogen (secondary N) is 2. The summed E-state index contributed by atoms with van der Waals surface area (Å²) in [6.45, 7) is 3.07. The number of halogens is 3. The highest BCUT2D eigenvalue weighted by molar-refractivity contribution is 5.79. The summed E-state index contributed by atoms with van der Waals surface area (Å²) in [5, 5.41) is 6.27. The largest absolute Gasteiger partial charge is 0.484 e. The first-order valence-corrected chi connectivity index (χ1v) is 9.18. The molecule has 0 aromatic heterocycles. The lowest BCUT2D eigenvalue weighted by atomic mass is 10.1. The van der Waals surface area contributed by atoms with Gasteiger partial charge < -0.3 is 20.1 Å². The molecule has 1 saturated carbocycles. The second-order valence-electron chi connectivity index (χ2n) is 6.74. The van der Waals surface area contributed by atoms with E-state index in [1.165, 1.54) is 12.8 Å². The zero-order valence-corrected chi connectivity index (χ0v) is 15.9. The van der Waals surface area contributed by atoms with Crippen LogP contribution in [0.25, 0.3) is 0 Å². The van der Waals surface area contributed by atoms with Crippen LogP contribution in [0.3, 0.4) is 0 Å². The van der Waals surface area contributed by atoms with Gasteiger partial charge in [-0.1, -0.05) is 12.1 Å². The summed E-state index contributed by atoms with van der Waals surface area (Å²) in [7, 11) is 1.65. The Hall–Kier alpha value is -1.96. The summed E-state index contributed by atoms with van der Waals surface area (Å²) < 4.78 is 47.8. The van der Waals surface area contributed by atoms with Crippen LogP contribution in [0.5, 0.6) is 5.75 Å². The third-order valence-corrected chi connectivity index (χ3v) is 4.09. The van der Waals surface area contributed by atoms with Gasteiger partial charge >= 0.3 is 6.18 Å². The van der Waals surface area contributed by atoms with Gasteiger partial charge in [0.25, 0.3) is 0 Å². The van der Waals surface area contributed by atoms with Crippen molar-refractivity contribution in [1.82, 2.24) is 10.6 Å². The first-order valence-electron chi connectivity index (χ1n) is 9.18. The van der Waals surface area contributed by atoms with E-state index in [9.17, 15) is 13.2 Å². The number of ether oxygens (including phenoxy) is 2. The second-order valence-corrected chi connectivity index (χ2v) is 6.74. The van der Waals surface area contributed by atoms with Crippen molar-refractivity contribution >= 4 is 5.96 Å². The molecule has 0 amide bonds. The molecule has 5 nitrogen and oxygen atoms in total. The van der Waals surface area contributed by atoms with Crippen LogP contribution in [0.4, 0.5) is 13.2 Å². The number of alkyl halides is 3. The van der Waals surface area contributed by atoms with Crippen LogP contribution in [-0.4, -0.2) is 45.5 Å². The number of hydrogen-bond acceptors (Lipinski definition) is 3. The Bertz CT molecular complexity index is 617.